The Kier molecular flexibility index (Phi) is 7.83. The van der Waals surface area contributed by atoms with Gasteiger partial charge in [0.2, 0.25) is 10.0 Å². The maximum absolute atomic E-state index is 12.4. The molecular formula is C14H26N2O3S2. The summed E-state index contributed by atoms with van der Waals surface area (Å²) in [5.41, 5.74) is 0. The lowest BCUT2D eigenvalue weighted by Gasteiger charge is -2.16. The summed E-state index contributed by atoms with van der Waals surface area (Å²) in [6.45, 7) is 7.23. The molecule has 7 heteroatoms. The van der Waals surface area contributed by atoms with Gasteiger partial charge in [-0.05, 0) is 12.5 Å². The number of thiophene rings is 1. The van der Waals surface area contributed by atoms with Crippen LogP contribution in [0.3, 0.4) is 0 Å². The molecule has 1 aromatic heterocycles. The fourth-order valence-corrected chi connectivity index (χ4v) is 4.39. The topological polar surface area (TPSA) is 67.4 Å². The largest absolute Gasteiger partial charge is 0.383 e. The van der Waals surface area contributed by atoms with Gasteiger partial charge in [0.05, 0.1) is 11.5 Å². The van der Waals surface area contributed by atoms with Gasteiger partial charge in [-0.15, -0.1) is 11.3 Å². The van der Waals surface area contributed by atoms with Crippen molar-refractivity contribution in [3.63, 3.8) is 0 Å². The molecule has 0 spiro atoms. The molecule has 0 saturated carbocycles. The predicted octanol–water partition coefficient (Wildman–Crippen LogP) is 2.34. The van der Waals surface area contributed by atoms with Crippen LogP contribution in [0.4, 0.5) is 0 Å². The number of sulfonamides is 1. The van der Waals surface area contributed by atoms with E-state index in [4.69, 9.17) is 4.74 Å². The lowest BCUT2D eigenvalue weighted by Crippen LogP contribution is -2.37. The molecule has 0 aliphatic carbocycles. The third-order valence-corrected chi connectivity index (χ3v) is 5.54. The maximum Gasteiger partial charge on any atom is 0.241 e. The zero-order valence-electron chi connectivity index (χ0n) is 13.2. The van der Waals surface area contributed by atoms with E-state index < -0.39 is 10.0 Å². The average Bonchev–Trinajstić information content (AvgIpc) is 2.86. The van der Waals surface area contributed by atoms with Crippen LogP contribution < -0.4 is 10.0 Å². The highest BCUT2D eigenvalue weighted by atomic mass is 32.2. The van der Waals surface area contributed by atoms with Crippen molar-refractivity contribution >= 4 is 21.4 Å². The van der Waals surface area contributed by atoms with Crippen LogP contribution in [0.5, 0.6) is 0 Å². The van der Waals surface area contributed by atoms with E-state index in [1.807, 2.05) is 6.92 Å². The van der Waals surface area contributed by atoms with Crippen molar-refractivity contribution in [3.8, 4) is 0 Å². The van der Waals surface area contributed by atoms with Crippen molar-refractivity contribution in [2.24, 2.45) is 0 Å². The fraction of sp³-hybridized carbons (Fsp3) is 0.714. The van der Waals surface area contributed by atoms with Crippen molar-refractivity contribution in [2.75, 3.05) is 13.7 Å². The third kappa shape index (κ3) is 6.44. The van der Waals surface area contributed by atoms with Crippen molar-refractivity contribution in [3.05, 3.63) is 16.3 Å². The highest BCUT2D eigenvalue weighted by Crippen LogP contribution is 2.20. The van der Waals surface area contributed by atoms with Crippen LogP contribution in [0.2, 0.25) is 0 Å². The lowest BCUT2D eigenvalue weighted by atomic mass is 10.2. The first-order valence-electron chi connectivity index (χ1n) is 7.21. The van der Waals surface area contributed by atoms with Crippen molar-refractivity contribution in [1.82, 2.24) is 10.0 Å². The van der Waals surface area contributed by atoms with Crippen molar-refractivity contribution in [1.29, 1.82) is 0 Å². The fourth-order valence-electron chi connectivity index (χ4n) is 1.91. The van der Waals surface area contributed by atoms with Gasteiger partial charge in [-0.1, -0.05) is 27.2 Å². The smallest absolute Gasteiger partial charge is 0.241 e. The van der Waals surface area contributed by atoms with Crippen LogP contribution in [-0.2, 0) is 21.3 Å². The highest BCUT2D eigenvalue weighted by Gasteiger charge is 2.21. The molecule has 21 heavy (non-hydrogen) atoms. The molecule has 2 N–H and O–H groups in total. The first-order chi connectivity index (χ1) is 9.89. The van der Waals surface area contributed by atoms with Gasteiger partial charge in [0.25, 0.3) is 0 Å². The first-order valence-corrected chi connectivity index (χ1v) is 9.57. The third-order valence-electron chi connectivity index (χ3n) is 2.95. The molecule has 0 amide bonds. The number of ether oxygens (including phenoxy) is 1. The van der Waals surface area contributed by atoms with Gasteiger partial charge in [0.15, 0.2) is 0 Å². The summed E-state index contributed by atoms with van der Waals surface area (Å²) >= 11 is 1.46. The molecule has 5 nitrogen and oxygen atoms in total. The van der Waals surface area contributed by atoms with Crippen LogP contribution in [0.15, 0.2) is 16.3 Å². The molecular weight excluding hydrogens is 308 g/mol. The summed E-state index contributed by atoms with van der Waals surface area (Å²) < 4.78 is 32.5. The Morgan fingerprint density at radius 2 is 2.10 bits per heavy atom. The predicted molar refractivity (Wildman–Crippen MR) is 87.2 cm³/mol. The normalized spacial score (nSPS) is 13.8. The number of hydrogen-bond acceptors (Lipinski definition) is 5. The van der Waals surface area contributed by atoms with E-state index >= 15 is 0 Å². The summed E-state index contributed by atoms with van der Waals surface area (Å²) in [4.78, 5) is 1.35. The quantitative estimate of drug-likeness (QED) is 0.689. The SMILES string of the molecule is CCCC(COC)NS(=O)(=O)c1csc(CNC(C)C)c1. The average molecular weight is 335 g/mol. The van der Waals surface area contributed by atoms with Crippen molar-refractivity contribution < 1.29 is 13.2 Å². The summed E-state index contributed by atoms with van der Waals surface area (Å²) in [6.07, 6.45) is 1.67. The second-order valence-corrected chi connectivity index (χ2v) is 8.06. The van der Waals surface area contributed by atoms with Gasteiger partial charge in [0, 0.05) is 36.0 Å². The lowest BCUT2D eigenvalue weighted by molar-refractivity contribution is 0.171. The van der Waals surface area contributed by atoms with E-state index in [0.29, 0.717) is 24.1 Å². The minimum atomic E-state index is -3.47. The van der Waals surface area contributed by atoms with E-state index in [1.54, 1.807) is 18.6 Å². The molecule has 0 aliphatic heterocycles. The highest BCUT2D eigenvalue weighted by molar-refractivity contribution is 7.89. The molecule has 0 fully saturated rings. The molecule has 0 radical (unpaired) electrons. The van der Waals surface area contributed by atoms with Gasteiger partial charge in [0.1, 0.15) is 0 Å². The molecule has 0 aliphatic rings. The molecule has 1 rings (SSSR count). The van der Waals surface area contributed by atoms with Gasteiger partial charge in [-0.25, -0.2) is 13.1 Å². The second-order valence-electron chi connectivity index (χ2n) is 5.35. The van der Waals surface area contributed by atoms with Crippen LogP contribution in [0.1, 0.15) is 38.5 Å². The van der Waals surface area contributed by atoms with Crippen LogP contribution >= 0.6 is 11.3 Å². The standard InChI is InChI=1S/C14H26N2O3S2/c1-5-6-12(9-19-4)16-21(17,18)14-7-13(20-10-14)8-15-11(2)3/h7,10-12,15-16H,5-6,8-9H2,1-4H3. The van der Waals surface area contributed by atoms with Crippen LogP contribution in [0, 0.1) is 0 Å². The van der Waals surface area contributed by atoms with Crippen molar-refractivity contribution in [2.45, 2.75) is 57.1 Å². The van der Waals surface area contributed by atoms with Gasteiger partial charge >= 0.3 is 0 Å². The molecule has 1 atom stereocenters. The van der Waals surface area contributed by atoms with E-state index in [2.05, 4.69) is 23.9 Å². The Balaban J connectivity index is 2.73. The number of rotatable bonds is 10. The first kappa shape index (κ1) is 18.6. The number of nitrogens with one attached hydrogen (secondary N) is 2. The summed E-state index contributed by atoms with van der Waals surface area (Å²) in [6, 6.07) is 1.93. The number of hydrogen-bond donors (Lipinski definition) is 2. The summed E-state index contributed by atoms with van der Waals surface area (Å²) in [5.74, 6) is 0. The van der Waals surface area contributed by atoms with Gasteiger partial charge < -0.3 is 10.1 Å². The Morgan fingerprint density at radius 3 is 2.67 bits per heavy atom. The Bertz CT molecular complexity index is 506. The Labute approximate surface area is 132 Å². The monoisotopic (exact) mass is 334 g/mol. The minimum Gasteiger partial charge on any atom is -0.383 e. The maximum atomic E-state index is 12.4. The molecule has 122 valence electrons. The van der Waals surface area contributed by atoms with Crippen LogP contribution in [0.25, 0.3) is 0 Å². The minimum absolute atomic E-state index is 0.179. The van der Waals surface area contributed by atoms with Crippen LogP contribution in [-0.4, -0.2) is 34.2 Å². The van der Waals surface area contributed by atoms with E-state index in [-0.39, 0.29) is 6.04 Å². The molecule has 1 unspecified atom stereocenters. The second kappa shape index (κ2) is 8.85. The molecule has 0 saturated heterocycles. The molecule has 0 bridgehead atoms. The molecule has 0 aromatic carbocycles. The van der Waals surface area contributed by atoms with E-state index in [0.717, 1.165) is 17.7 Å². The van der Waals surface area contributed by atoms with Gasteiger partial charge in [-0.2, -0.15) is 0 Å². The summed E-state index contributed by atoms with van der Waals surface area (Å²) in [7, 11) is -1.89. The Morgan fingerprint density at radius 1 is 1.38 bits per heavy atom. The number of methoxy groups -OCH3 is 1. The Hall–Kier alpha value is -0.470. The summed E-state index contributed by atoms with van der Waals surface area (Å²) in [5, 5.41) is 4.97. The zero-order valence-corrected chi connectivity index (χ0v) is 14.8. The zero-order chi connectivity index (χ0) is 15.9. The van der Waals surface area contributed by atoms with E-state index in [9.17, 15) is 8.42 Å². The van der Waals surface area contributed by atoms with Gasteiger partial charge in [-0.3, -0.25) is 0 Å². The molecule has 1 heterocycles. The van der Waals surface area contributed by atoms with E-state index in [1.165, 1.54) is 11.3 Å². The molecule has 1 aromatic rings.